The van der Waals surface area contributed by atoms with Crippen molar-refractivity contribution in [2.24, 2.45) is 4.99 Å². The zero-order valence-corrected chi connectivity index (χ0v) is 14.6. The van der Waals surface area contributed by atoms with Crippen LogP contribution in [0, 0.1) is 0 Å². The van der Waals surface area contributed by atoms with Crippen LogP contribution in [0.3, 0.4) is 0 Å². The van der Waals surface area contributed by atoms with Gasteiger partial charge >= 0.3 is 0 Å². The van der Waals surface area contributed by atoms with Crippen molar-refractivity contribution >= 4 is 40.2 Å². The Morgan fingerprint density at radius 3 is 2.65 bits per heavy atom. The summed E-state index contributed by atoms with van der Waals surface area (Å²) in [7, 11) is 0. The van der Waals surface area contributed by atoms with Gasteiger partial charge in [-0.2, -0.15) is 0 Å². The smallest absolute Gasteiger partial charge is 0.190 e. The fourth-order valence-corrected chi connectivity index (χ4v) is 3.50. The summed E-state index contributed by atoms with van der Waals surface area (Å²) >= 11 is 13.8. The highest BCUT2D eigenvalue weighted by molar-refractivity contribution is 7.07. The van der Waals surface area contributed by atoms with E-state index in [0.717, 1.165) is 16.1 Å². The molecule has 2 nitrogen and oxygen atoms in total. The van der Waals surface area contributed by atoms with Gasteiger partial charge in [0.15, 0.2) is 4.80 Å². The normalized spacial score (nSPS) is 11.7. The first kappa shape index (κ1) is 16.1. The molecule has 3 aromatic rings. The molecule has 1 aromatic heterocycles. The van der Waals surface area contributed by atoms with E-state index in [4.69, 9.17) is 23.2 Å². The first-order valence-electron chi connectivity index (χ1n) is 7.03. The molecule has 116 valence electrons. The van der Waals surface area contributed by atoms with E-state index in [1.165, 1.54) is 0 Å². The number of rotatable bonds is 4. The Balaban J connectivity index is 2.17. The first-order chi connectivity index (χ1) is 11.2. The minimum Gasteiger partial charge on any atom is -0.313 e. The van der Waals surface area contributed by atoms with Gasteiger partial charge in [0, 0.05) is 16.9 Å². The van der Waals surface area contributed by atoms with Crippen LogP contribution in [0.4, 0.5) is 5.69 Å². The van der Waals surface area contributed by atoms with Gasteiger partial charge in [0.2, 0.25) is 0 Å². The number of benzene rings is 2. The average molecular weight is 361 g/mol. The van der Waals surface area contributed by atoms with Crippen molar-refractivity contribution in [1.29, 1.82) is 0 Å². The molecule has 5 heteroatoms. The topological polar surface area (TPSA) is 17.3 Å². The largest absolute Gasteiger partial charge is 0.313 e. The maximum absolute atomic E-state index is 6.22. The van der Waals surface area contributed by atoms with Crippen molar-refractivity contribution in [3.05, 3.63) is 81.4 Å². The van der Waals surface area contributed by atoms with E-state index < -0.39 is 0 Å². The molecule has 0 amide bonds. The number of aromatic nitrogens is 1. The van der Waals surface area contributed by atoms with E-state index in [1.807, 2.05) is 24.3 Å². The lowest BCUT2D eigenvalue weighted by atomic mass is 10.2. The molecule has 0 saturated carbocycles. The van der Waals surface area contributed by atoms with Gasteiger partial charge in [0.05, 0.1) is 16.4 Å². The molecule has 0 aliphatic rings. The summed E-state index contributed by atoms with van der Waals surface area (Å²) in [6.07, 6.45) is 1.86. The molecule has 0 unspecified atom stereocenters. The van der Waals surface area contributed by atoms with Crippen molar-refractivity contribution in [2.45, 2.75) is 6.54 Å². The third kappa shape index (κ3) is 3.58. The number of thiazole rings is 1. The quantitative estimate of drug-likeness (QED) is 0.512. The number of halogens is 2. The molecule has 0 saturated heterocycles. The molecular weight excluding hydrogens is 347 g/mol. The summed E-state index contributed by atoms with van der Waals surface area (Å²) in [6, 6.07) is 15.5. The predicted octanol–water partition coefficient (Wildman–Crippen LogP) is 5.94. The van der Waals surface area contributed by atoms with E-state index in [2.05, 4.69) is 33.7 Å². The Kier molecular flexibility index (Phi) is 5.01. The van der Waals surface area contributed by atoms with Crippen molar-refractivity contribution in [2.75, 3.05) is 0 Å². The van der Waals surface area contributed by atoms with Gasteiger partial charge < -0.3 is 4.57 Å². The van der Waals surface area contributed by atoms with Gasteiger partial charge in [0.1, 0.15) is 0 Å². The Hall–Kier alpha value is -1.81. The van der Waals surface area contributed by atoms with Gasteiger partial charge in [-0.05, 0) is 23.8 Å². The van der Waals surface area contributed by atoms with Crippen LogP contribution in [0.25, 0.3) is 11.3 Å². The predicted molar refractivity (Wildman–Crippen MR) is 99.6 cm³/mol. The molecular formula is C18H14Cl2N2S. The molecule has 0 aliphatic carbocycles. The number of allylic oxidation sites excluding steroid dienone is 1. The maximum Gasteiger partial charge on any atom is 0.190 e. The SMILES string of the molecule is C=CCn1c(-c2ccccc2)csc1=Nc1cc(Cl)ccc1Cl. The molecule has 3 rings (SSSR count). The standard InChI is InChI=1S/C18H14Cl2N2S/c1-2-10-22-17(13-6-4-3-5-7-13)12-23-18(22)21-16-11-14(19)8-9-15(16)20/h2-9,11-12H,1,10H2. The van der Waals surface area contributed by atoms with Crippen LogP contribution in [0.15, 0.2) is 71.6 Å². The molecule has 0 atom stereocenters. The highest BCUT2D eigenvalue weighted by Gasteiger charge is 2.07. The molecule has 0 fully saturated rings. The van der Waals surface area contributed by atoms with Crippen LogP contribution in [-0.4, -0.2) is 4.57 Å². The third-order valence-electron chi connectivity index (χ3n) is 3.30. The molecule has 0 radical (unpaired) electrons. The second-order valence-electron chi connectivity index (χ2n) is 4.88. The monoisotopic (exact) mass is 360 g/mol. The highest BCUT2D eigenvalue weighted by atomic mass is 35.5. The number of hydrogen-bond acceptors (Lipinski definition) is 2. The molecule has 0 aliphatic heterocycles. The lowest BCUT2D eigenvalue weighted by Gasteiger charge is -2.06. The molecule has 23 heavy (non-hydrogen) atoms. The Labute approximate surface area is 149 Å². The second kappa shape index (κ2) is 7.18. The van der Waals surface area contributed by atoms with Crippen LogP contribution in [0.5, 0.6) is 0 Å². The second-order valence-corrected chi connectivity index (χ2v) is 6.56. The van der Waals surface area contributed by atoms with E-state index >= 15 is 0 Å². The van der Waals surface area contributed by atoms with Crippen LogP contribution in [-0.2, 0) is 6.54 Å². The van der Waals surface area contributed by atoms with E-state index in [-0.39, 0.29) is 0 Å². The molecule has 0 N–H and O–H groups in total. The van der Waals surface area contributed by atoms with Gasteiger partial charge in [-0.1, -0.05) is 59.6 Å². The minimum atomic E-state index is 0.578. The van der Waals surface area contributed by atoms with Crippen molar-refractivity contribution in [1.82, 2.24) is 4.57 Å². The lowest BCUT2D eigenvalue weighted by Crippen LogP contribution is -2.14. The summed E-state index contributed by atoms with van der Waals surface area (Å²) in [5, 5.41) is 3.29. The zero-order valence-electron chi connectivity index (χ0n) is 12.2. The summed E-state index contributed by atoms with van der Waals surface area (Å²) in [6.45, 7) is 4.52. The third-order valence-corrected chi connectivity index (χ3v) is 4.72. The van der Waals surface area contributed by atoms with Gasteiger partial charge in [0.25, 0.3) is 0 Å². The fraction of sp³-hybridized carbons (Fsp3) is 0.0556. The lowest BCUT2D eigenvalue weighted by molar-refractivity contribution is 0.800. The molecule has 1 heterocycles. The number of nitrogens with zero attached hydrogens (tertiary/aromatic N) is 2. The number of hydrogen-bond donors (Lipinski definition) is 0. The summed E-state index contributed by atoms with van der Waals surface area (Å²) < 4.78 is 2.12. The molecule has 0 bridgehead atoms. The Morgan fingerprint density at radius 2 is 1.91 bits per heavy atom. The summed E-state index contributed by atoms with van der Waals surface area (Å²) in [4.78, 5) is 5.54. The summed E-state index contributed by atoms with van der Waals surface area (Å²) in [5.74, 6) is 0. The van der Waals surface area contributed by atoms with Gasteiger partial charge in [-0.15, -0.1) is 17.9 Å². The zero-order chi connectivity index (χ0) is 16.2. The maximum atomic E-state index is 6.22. The van der Waals surface area contributed by atoms with Crippen molar-refractivity contribution in [3.8, 4) is 11.3 Å². The van der Waals surface area contributed by atoms with E-state index in [1.54, 1.807) is 29.5 Å². The molecule has 0 spiro atoms. The van der Waals surface area contributed by atoms with Crippen LogP contribution in [0.1, 0.15) is 0 Å². The highest BCUT2D eigenvalue weighted by Crippen LogP contribution is 2.28. The minimum absolute atomic E-state index is 0.578. The van der Waals surface area contributed by atoms with E-state index in [9.17, 15) is 0 Å². The first-order valence-corrected chi connectivity index (χ1v) is 8.67. The van der Waals surface area contributed by atoms with Gasteiger partial charge in [-0.25, -0.2) is 4.99 Å². The summed E-state index contributed by atoms with van der Waals surface area (Å²) in [5.41, 5.74) is 2.91. The fourth-order valence-electron chi connectivity index (χ4n) is 2.24. The Morgan fingerprint density at radius 1 is 1.13 bits per heavy atom. The van der Waals surface area contributed by atoms with E-state index in [0.29, 0.717) is 22.3 Å². The average Bonchev–Trinajstić information content (AvgIpc) is 2.95. The van der Waals surface area contributed by atoms with Gasteiger partial charge in [-0.3, -0.25) is 0 Å². The van der Waals surface area contributed by atoms with Crippen LogP contribution in [0.2, 0.25) is 10.0 Å². The molecule has 2 aromatic carbocycles. The van der Waals surface area contributed by atoms with Crippen LogP contribution < -0.4 is 4.80 Å². The van der Waals surface area contributed by atoms with Crippen LogP contribution >= 0.6 is 34.5 Å². The van der Waals surface area contributed by atoms with Crippen molar-refractivity contribution in [3.63, 3.8) is 0 Å². The Bertz CT molecular complexity index is 895. The van der Waals surface area contributed by atoms with Crippen molar-refractivity contribution < 1.29 is 0 Å².